The van der Waals surface area contributed by atoms with Gasteiger partial charge in [0.2, 0.25) is 0 Å². The van der Waals surface area contributed by atoms with E-state index in [-0.39, 0.29) is 6.61 Å². The fourth-order valence-corrected chi connectivity index (χ4v) is 1.86. The summed E-state index contributed by atoms with van der Waals surface area (Å²) in [6.45, 7) is 8.01. The number of ether oxygens (including phenoxy) is 1. The van der Waals surface area contributed by atoms with Crippen molar-refractivity contribution in [2.45, 2.75) is 39.2 Å². The first-order valence-corrected chi connectivity index (χ1v) is 6.16. The summed E-state index contributed by atoms with van der Waals surface area (Å²) in [6, 6.07) is 0.708. The van der Waals surface area contributed by atoms with Crippen LogP contribution >= 0.6 is 0 Å². The Hall–Kier alpha value is -0.120. The van der Waals surface area contributed by atoms with E-state index in [2.05, 4.69) is 18.7 Å². The van der Waals surface area contributed by atoms with Crippen LogP contribution in [0, 0.1) is 5.92 Å². The maximum Gasteiger partial charge on any atom is 0.0593 e. The molecule has 1 N–H and O–H groups in total. The highest BCUT2D eigenvalue weighted by molar-refractivity contribution is 4.79. The normalized spacial score (nSPS) is 17.4. The quantitative estimate of drug-likeness (QED) is 0.623. The van der Waals surface area contributed by atoms with Crippen LogP contribution in [0.5, 0.6) is 0 Å². The van der Waals surface area contributed by atoms with Gasteiger partial charge in [-0.05, 0) is 18.8 Å². The van der Waals surface area contributed by atoms with Crippen molar-refractivity contribution in [3.05, 3.63) is 0 Å². The van der Waals surface area contributed by atoms with Gasteiger partial charge in [0.25, 0.3) is 0 Å². The van der Waals surface area contributed by atoms with E-state index in [4.69, 9.17) is 9.84 Å². The number of hydrogen-bond donors (Lipinski definition) is 1. The Balaban J connectivity index is 2.08. The summed E-state index contributed by atoms with van der Waals surface area (Å²) in [5.41, 5.74) is 0. The van der Waals surface area contributed by atoms with Gasteiger partial charge in [-0.2, -0.15) is 0 Å². The predicted octanol–water partition coefficient (Wildman–Crippen LogP) is 1.51. The topological polar surface area (TPSA) is 32.7 Å². The molecule has 3 heteroatoms. The highest BCUT2D eigenvalue weighted by Crippen LogP contribution is 2.24. The molecule has 0 radical (unpaired) electrons. The lowest BCUT2D eigenvalue weighted by Crippen LogP contribution is -2.43. The molecule has 0 bridgehead atoms. The van der Waals surface area contributed by atoms with Gasteiger partial charge in [0.15, 0.2) is 0 Å². The van der Waals surface area contributed by atoms with E-state index in [0.29, 0.717) is 12.0 Å². The molecule has 90 valence electrons. The number of aliphatic hydroxyl groups is 1. The van der Waals surface area contributed by atoms with E-state index in [1.54, 1.807) is 0 Å². The average Bonchev–Trinajstić information content (AvgIpc) is 2.09. The van der Waals surface area contributed by atoms with Gasteiger partial charge in [-0.1, -0.05) is 20.3 Å². The van der Waals surface area contributed by atoms with Crippen LogP contribution in [0.25, 0.3) is 0 Å². The lowest BCUT2D eigenvalue weighted by atomic mass is 9.91. The Morgan fingerprint density at radius 1 is 1.33 bits per heavy atom. The molecular weight excluding hydrogens is 190 g/mol. The second-order valence-corrected chi connectivity index (χ2v) is 4.81. The minimum absolute atomic E-state index is 0.265. The summed E-state index contributed by atoms with van der Waals surface area (Å²) in [7, 11) is 0. The van der Waals surface area contributed by atoms with Crippen molar-refractivity contribution < 1.29 is 9.84 Å². The van der Waals surface area contributed by atoms with Gasteiger partial charge >= 0.3 is 0 Å². The van der Waals surface area contributed by atoms with Crippen LogP contribution in [0.3, 0.4) is 0 Å². The van der Waals surface area contributed by atoms with Gasteiger partial charge in [0, 0.05) is 25.7 Å². The van der Waals surface area contributed by atoms with Crippen LogP contribution in [-0.2, 0) is 4.74 Å². The SMILES string of the molecule is CC(C)COCCN(CCO)C1CCC1. The van der Waals surface area contributed by atoms with Crippen molar-refractivity contribution in [1.29, 1.82) is 0 Å². The third-order valence-corrected chi connectivity index (χ3v) is 2.95. The summed E-state index contributed by atoms with van der Waals surface area (Å²) in [5, 5.41) is 8.97. The zero-order chi connectivity index (χ0) is 11.1. The summed E-state index contributed by atoms with van der Waals surface area (Å²) >= 11 is 0. The van der Waals surface area contributed by atoms with Crippen LogP contribution in [0.2, 0.25) is 0 Å². The first kappa shape index (κ1) is 12.9. The Bertz CT molecular complexity index is 158. The lowest BCUT2D eigenvalue weighted by molar-refractivity contribution is 0.0452. The number of hydrogen-bond acceptors (Lipinski definition) is 3. The van der Waals surface area contributed by atoms with Crippen molar-refractivity contribution in [3.63, 3.8) is 0 Å². The zero-order valence-electron chi connectivity index (χ0n) is 10.1. The van der Waals surface area contributed by atoms with E-state index >= 15 is 0 Å². The highest BCUT2D eigenvalue weighted by atomic mass is 16.5. The van der Waals surface area contributed by atoms with Gasteiger partial charge in [0.05, 0.1) is 13.2 Å². The fraction of sp³-hybridized carbons (Fsp3) is 1.00. The van der Waals surface area contributed by atoms with Crippen molar-refractivity contribution in [3.8, 4) is 0 Å². The van der Waals surface area contributed by atoms with E-state index in [1.807, 2.05) is 0 Å². The van der Waals surface area contributed by atoms with E-state index < -0.39 is 0 Å². The van der Waals surface area contributed by atoms with Crippen LogP contribution in [-0.4, -0.2) is 49.0 Å². The second kappa shape index (κ2) is 7.20. The Labute approximate surface area is 93.4 Å². The molecular formula is C12H25NO2. The molecule has 0 saturated heterocycles. The second-order valence-electron chi connectivity index (χ2n) is 4.81. The van der Waals surface area contributed by atoms with Crippen LogP contribution in [0.1, 0.15) is 33.1 Å². The molecule has 0 atom stereocenters. The van der Waals surface area contributed by atoms with Crippen molar-refractivity contribution in [1.82, 2.24) is 4.90 Å². The number of nitrogens with zero attached hydrogens (tertiary/aromatic N) is 1. The van der Waals surface area contributed by atoms with Gasteiger partial charge in [-0.15, -0.1) is 0 Å². The molecule has 0 heterocycles. The van der Waals surface area contributed by atoms with Crippen molar-refractivity contribution >= 4 is 0 Å². The molecule has 0 aromatic rings. The third-order valence-electron chi connectivity index (χ3n) is 2.95. The molecule has 0 spiro atoms. The monoisotopic (exact) mass is 215 g/mol. The molecule has 3 nitrogen and oxygen atoms in total. The maximum atomic E-state index is 8.97. The fourth-order valence-electron chi connectivity index (χ4n) is 1.86. The minimum Gasteiger partial charge on any atom is -0.395 e. The smallest absolute Gasteiger partial charge is 0.0593 e. The van der Waals surface area contributed by atoms with Crippen molar-refractivity contribution in [2.24, 2.45) is 5.92 Å². The Kier molecular flexibility index (Phi) is 6.22. The summed E-state index contributed by atoms with van der Waals surface area (Å²) in [6.07, 6.45) is 3.94. The van der Waals surface area contributed by atoms with Crippen molar-refractivity contribution in [2.75, 3.05) is 32.9 Å². The standard InChI is InChI=1S/C12H25NO2/c1-11(2)10-15-9-7-13(6-8-14)12-4-3-5-12/h11-12,14H,3-10H2,1-2H3. The van der Waals surface area contributed by atoms with E-state index in [1.165, 1.54) is 19.3 Å². The molecule has 0 unspecified atom stereocenters. The van der Waals surface area contributed by atoms with Crippen LogP contribution in [0.4, 0.5) is 0 Å². The molecule has 1 fully saturated rings. The summed E-state index contributed by atoms with van der Waals surface area (Å²) in [4.78, 5) is 2.36. The number of rotatable bonds is 8. The highest BCUT2D eigenvalue weighted by Gasteiger charge is 2.23. The Morgan fingerprint density at radius 3 is 2.53 bits per heavy atom. The van der Waals surface area contributed by atoms with Crippen LogP contribution in [0.15, 0.2) is 0 Å². The molecule has 15 heavy (non-hydrogen) atoms. The average molecular weight is 215 g/mol. The van der Waals surface area contributed by atoms with Gasteiger partial charge < -0.3 is 9.84 Å². The van der Waals surface area contributed by atoms with Gasteiger partial charge in [0.1, 0.15) is 0 Å². The lowest BCUT2D eigenvalue weighted by Gasteiger charge is -2.37. The molecule has 1 saturated carbocycles. The largest absolute Gasteiger partial charge is 0.395 e. The number of aliphatic hydroxyl groups excluding tert-OH is 1. The molecule has 0 aromatic carbocycles. The molecule has 0 aromatic heterocycles. The predicted molar refractivity (Wildman–Crippen MR) is 62.0 cm³/mol. The molecule has 0 amide bonds. The molecule has 1 aliphatic rings. The molecule has 1 rings (SSSR count). The summed E-state index contributed by atoms with van der Waals surface area (Å²) < 4.78 is 5.57. The Morgan fingerprint density at radius 2 is 2.07 bits per heavy atom. The van der Waals surface area contributed by atoms with Gasteiger partial charge in [-0.25, -0.2) is 0 Å². The van der Waals surface area contributed by atoms with E-state index in [0.717, 1.165) is 26.3 Å². The maximum absolute atomic E-state index is 8.97. The van der Waals surface area contributed by atoms with Gasteiger partial charge in [-0.3, -0.25) is 4.90 Å². The summed E-state index contributed by atoms with van der Waals surface area (Å²) in [5.74, 6) is 0.611. The molecule has 0 aliphatic heterocycles. The first-order chi connectivity index (χ1) is 7.24. The first-order valence-electron chi connectivity index (χ1n) is 6.16. The molecule has 1 aliphatic carbocycles. The van der Waals surface area contributed by atoms with E-state index in [9.17, 15) is 0 Å². The third kappa shape index (κ3) is 4.96. The zero-order valence-corrected chi connectivity index (χ0v) is 10.1. The minimum atomic E-state index is 0.265. The van der Waals surface area contributed by atoms with Crippen LogP contribution < -0.4 is 0 Å².